The van der Waals surface area contributed by atoms with E-state index in [1.165, 1.54) is 29.9 Å². The van der Waals surface area contributed by atoms with Crippen LogP contribution in [-0.2, 0) is 51.9 Å². The first kappa shape index (κ1) is 41.9. The van der Waals surface area contributed by atoms with Crippen LogP contribution in [0.1, 0.15) is 32.6 Å². The quantitative estimate of drug-likeness (QED) is 0.118. The molecule has 3 aliphatic heterocycles. The van der Waals surface area contributed by atoms with Crippen LogP contribution in [0, 0.1) is 11.3 Å². The van der Waals surface area contributed by atoms with Crippen molar-refractivity contribution < 1.29 is 56.4 Å². The Morgan fingerprint density at radius 3 is 2.23 bits per heavy atom. The number of nitriles is 1. The summed E-state index contributed by atoms with van der Waals surface area (Å²) in [6.45, 7) is 6.99. The van der Waals surface area contributed by atoms with Gasteiger partial charge in [-0.25, -0.2) is 14.1 Å². The first-order valence-electron chi connectivity index (χ1n) is 18.5. The molecule has 5 heterocycles. The Kier molecular flexibility index (Phi) is 13.7. The number of fused-ring (bicyclic) bond motifs is 1. The van der Waals surface area contributed by atoms with Crippen LogP contribution in [0.3, 0.4) is 0 Å². The molecule has 1 unspecified atom stereocenters. The first-order chi connectivity index (χ1) is 27.4. The number of ether oxygens (including phenoxy) is 6. The number of carbonyl (C=O) groups is 3. The Morgan fingerprint density at radius 1 is 0.982 bits per heavy atom. The summed E-state index contributed by atoms with van der Waals surface area (Å²) in [4.78, 5) is 48.0. The Morgan fingerprint density at radius 2 is 1.61 bits per heavy atom. The van der Waals surface area contributed by atoms with Gasteiger partial charge in [0.25, 0.3) is 0 Å². The maximum atomic E-state index is 14.6. The van der Waals surface area contributed by atoms with Gasteiger partial charge in [-0.2, -0.15) is 15.4 Å². The fourth-order valence-electron chi connectivity index (χ4n) is 6.49. The Balaban J connectivity index is 1.38. The average molecular weight is 815 g/mol. The molecule has 3 N–H and O–H groups in total. The van der Waals surface area contributed by atoms with Crippen LogP contribution in [0.5, 0.6) is 5.75 Å². The van der Waals surface area contributed by atoms with Crippen molar-refractivity contribution in [1.29, 1.82) is 5.26 Å². The smallest absolute Gasteiger partial charge is 0.459 e. The van der Waals surface area contributed by atoms with Crippen molar-refractivity contribution in [2.24, 2.45) is 0 Å². The summed E-state index contributed by atoms with van der Waals surface area (Å²) in [5, 5.41) is 18.0. The van der Waals surface area contributed by atoms with Crippen LogP contribution in [0.25, 0.3) is 5.52 Å². The minimum atomic E-state index is -4.60. The molecule has 3 aromatic rings. The van der Waals surface area contributed by atoms with Crippen LogP contribution in [-0.4, -0.2) is 145 Å². The van der Waals surface area contributed by atoms with E-state index in [0.717, 1.165) is 0 Å². The minimum absolute atomic E-state index is 0.106. The van der Waals surface area contributed by atoms with E-state index in [1.807, 2.05) is 9.80 Å². The van der Waals surface area contributed by atoms with E-state index in [4.69, 9.17) is 43.2 Å². The van der Waals surface area contributed by atoms with E-state index in [9.17, 15) is 24.2 Å². The maximum Gasteiger partial charge on any atom is 0.459 e. The number of morpholine rings is 2. The summed E-state index contributed by atoms with van der Waals surface area (Å²) in [5.41, 5.74) is 4.48. The highest BCUT2D eigenvalue weighted by Crippen LogP contribution is 2.50. The molecule has 0 aliphatic carbocycles. The van der Waals surface area contributed by atoms with Crippen molar-refractivity contribution in [3.8, 4) is 11.8 Å². The summed E-state index contributed by atoms with van der Waals surface area (Å²) in [5.74, 6) is -1.98. The van der Waals surface area contributed by atoms with Crippen LogP contribution in [0.4, 0.5) is 5.82 Å². The normalized spacial score (nSPS) is 24.6. The Hall–Kier alpha value is -4.71. The van der Waals surface area contributed by atoms with Crippen molar-refractivity contribution in [1.82, 2.24) is 29.5 Å². The predicted molar refractivity (Wildman–Crippen MR) is 198 cm³/mol. The lowest BCUT2D eigenvalue weighted by molar-refractivity contribution is -0.172. The third kappa shape index (κ3) is 10.4. The molecular weight excluding hydrogens is 767 g/mol. The van der Waals surface area contributed by atoms with Gasteiger partial charge in [-0.1, -0.05) is 18.2 Å². The molecule has 20 nitrogen and oxygen atoms in total. The average Bonchev–Trinajstić information content (AvgIpc) is 3.75. The maximum absolute atomic E-state index is 14.6. The second-order valence-corrected chi connectivity index (χ2v) is 15.6. The lowest BCUT2D eigenvalue weighted by Gasteiger charge is -2.32. The molecular formula is C36H47N8O12P. The number of anilines is 1. The molecule has 21 heteroatoms. The van der Waals surface area contributed by atoms with E-state index in [-0.39, 0.29) is 30.4 Å². The molecule has 0 radical (unpaired) electrons. The molecule has 2 aromatic heterocycles. The number of esters is 3. The monoisotopic (exact) mass is 814 g/mol. The third-order valence-electron chi connectivity index (χ3n) is 9.30. The summed E-state index contributed by atoms with van der Waals surface area (Å²) < 4.78 is 62.7. The number of rotatable bonds is 16. The first-order valence-corrected chi connectivity index (χ1v) is 20.1. The number of hydrogen-bond acceptors (Lipinski definition) is 18. The van der Waals surface area contributed by atoms with Gasteiger partial charge >= 0.3 is 25.7 Å². The molecule has 0 bridgehead atoms. The minimum Gasteiger partial charge on any atom is -0.462 e. The number of nitrogens with one attached hydrogen (secondary N) is 1. The predicted octanol–water partition coefficient (Wildman–Crippen LogP) is 1.27. The van der Waals surface area contributed by atoms with Gasteiger partial charge in [-0.05, 0) is 45.0 Å². The molecule has 3 aliphatic rings. The molecule has 0 spiro atoms. The molecule has 3 fully saturated rings. The summed E-state index contributed by atoms with van der Waals surface area (Å²) in [6, 6.07) is 12.1. The van der Waals surface area contributed by atoms with E-state index in [2.05, 4.69) is 21.2 Å². The van der Waals surface area contributed by atoms with Crippen LogP contribution < -0.4 is 15.3 Å². The SMILES string of the molecule is CC(C)OC(=O)[C@H](C)NP(=O)(OC[C@@]1(C#N)O[C@@H](c2ccc3c(N)ncnn23)[C@H](OC(=O)CN2CCOCC2)[C@@H]1OC(=O)CN1CCOCC1)Oc1ccccc1. The van der Waals surface area contributed by atoms with E-state index >= 15 is 0 Å². The van der Waals surface area contributed by atoms with Gasteiger partial charge in [0.15, 0.2) is 18.0 Å². The van der Waals surface area contributed by atoms with Crippen molar-refractivity contribution in [3.63, 3.8) is 0 Å². The van der Waals surface area contributed by atoms with Gasteiger partial charge < -0.3 is 38.7 Å². The lowest BCUT2D eigenvalue weighted by Crippen LogP contribution is -2.51. The van der Waals surface area contributed by atoms with E-state index in [1.54, 1.807) is 44.2 Å². The molecule has 308 valence electrons. The summed E-state index contributed by atoms with van der Waals surface area (Å²) in [7, 11) is -4.60. The van der Waals surface area contributed by atoms with Gasteiger partial charge in [-0.15, -0.1) is 0 Å². The number of hydrogen-bond donors (Lipinski definition) is 2. The number of para-hydroxylation sites is 1. The number of benzene rings is 1. The number of nitrogens with zero attached hydrogens (tertiary/aromatic N) is 6. The largest absolute Gasteiger partial charge is 0.462 e. The number of aromatic nitrogens is 3. The van der Waals surface area contributed by atoms with Gasteiger partial charge in [0.1, 0.15) is 42.4 Å². The number of carbonyl (C=O) groups excluding carboxylic acids is 3. The molecule has 6 rings (SSSR count). The molecule has 1 aromatic carbocycles. The second-order valence-electron chi connectivity index (χ2n) is 13.9. The summed E-state index contributed by atoms with van der Waals surface area (Å²) in [6.07, 6.45) is -3.75. The fraction of sp³-hybridized carbons (Fsp3) is 0.556. The van der Waals surface area contributed by atoms with Crippen LogP contribution in [0.2, 0.25) is 0 Å². The topological polar surface area (TPSA) is 241 Å². The van der Waals surface area contributed by atoms with Gasteiger partial charge in [-0.3, -0.25) is 28.7 Å². The van der Waals surface area contributed by atoms with Gasteiger partial charge in [0.05, 0.1) is 51.3 Å². The number of nitrogen functional groups attached to an aromatic ring is 1. The van der Waals surface area contributed by atoms with Gasteiger partial charge in [0.2, 0.25) is 5.60 Å². The molecule has 57 heavy (non-hydrogen) atoms. The fourth-order valence-corrected chi connectivity index (χ4v) is 8.01. The highest BCUT2D eigenvalue weighted by Gasteiger charge is 2.62. The molecule has 0 saturated carbocycles. The van der Waals surface area contributed by atoms with Crippen LogP contribution >= 0.6 is 7.75 Å². The van der Waals surface area contributed by atoms with Crippen molar-refractivity contribution in [2.75, 3.05) is 78.0 Å². The second kappa shape index (κ2) is 18.7. The van der Waals surface area contributed by atoms with Crippen molar-refractivity contribution in [2.45, 2.75) is 56.8 Å². The zero-order chi connectivity index (χ0) is 40.6. The molecule has 0 amide bonds. The zero-order valence-corrected chi connectivity index (χ0v) is 32.8. The Labute approximate surface area is 328 Å². The molecule has 6 atom stereocenters. The lowest BCUT2D eigenvalue weighted by atomic mass is 9.95. The van der Waals surface area contributed by atoms with E-state index in [0.29, 0.717) is 58.1 Å². The number of nitrogens with two attached hydrogens (primary N) is 1. The van der Waals surface area contributed by atoms with E-state index < -0.39 is 68.3 Å². The highest BCUT2D eigenvalue weighted by atomic mass is 31.2. The molecule has 3 saturated heterocycles. The van der Waals surface area contributed by atoms with Crippen LogP contribution in [0.15, 0.2) is 48.8 Å². The highest BCUT2D eigenvalue weighted by molar-refractivity contribution is 7.52. The standard InChI is InChI=1S/C36H47N8O12P/c1-24(2)52-35(47)25(3)41-57(48,56-26-7-5-4-6-8-26)51-22-36(21-37)33(54-30(46)20-43-13-17-50-18-14-43)32(53-29(45)19-42-11-15-49-16-12-42)31(55-36)27-9-10-28-34(38)39-23-40-44(27)28/h4-10,23-25,31-33H,11-20,22H2,1-3H3,(H,41,48)(H2,38,39,40)/t25-,31-,32-,33-,36+,57?/m0/s1. The third-order valence-corrected chi connectivity index (χ3v) is 10.9. The Bertz CT molecular complexity index is 1950. The zero-order valence-electron chi connectivity index (χ0n) is 31.9. The van der Waals surface area contributed by atoms with Crippen molar-refractivity contribution >= 4 is 37.0 Å². The van der Waals surface area contributed by atoms with Crippen molar-refractivity contribution in [3.05, 3.63) is 54.5 Å². The summed E-state index contributed by atoms with van der Waals surface area (Å²) >= 11 is 0. The van der Waals surface area contributed by atoms with Gasteiger partial charge in [0, 0.05) is 26.2 Å².